The Hall–Kier alpha value is -2.36. The highest BCUT2D eigenvalue weighted by Crippen LogP contribution is 2.30. The van der Waals surface area contributed by atoms with E-state index in [1.165, 1.54) is 17.0 Å². The van der Waals surface area contributed by atoms with E-state index in [-0.39, 0.29) is 23.2 Å². The molecule has 1 N–H and O–H groups in total. The Labute approximate surface area is 143 Å². The number of rotatable bonds is 5. The molecule has 2 aromatic rings. The summed E-state index contributed by atoms with van der Waals surface area (Å²) in [5.41, 5.74) is -0.360. The van der Waals surface area contributed by atoms with Gasteiger partial charge in [-0.05, 0) is 17.7 Å². The summed E-state index contributed by atoms with van der Waals surface area (Å²) in [6, 6.07) is 6.88. The van der Waals surface area contributed by atoms with Crippen molar-refractivity contribution in [1.82, 2.24) is 9.97 Å². The first-order valence-electron chi connectivity index (χ1n) is 7.13. The lowest BCUT2D eigenvalue weighted by Gasteiger charge is -2.16. The number of aromatic nitrogens is 2. The van der Waals surface area contributed by atoms with Gasteiger partial charge in [0.1, 0.15) is 5.82 Å². The number of nitrogens with zero attached hydrogens (tertiary/aromatic N) is 3. The van der Waals surface area contributed by atoms with Gasteiger partial charge in [0.15, 0.2) is 15.5 Å². The van der Waals surface area contributed by atoms with Gasteiger partial charge >= 0.3 is 6.18 Å². The van der Waals surface area contributed by atoms with E-state index in [1.807, 2.05) is 0 Å². The van der Waals surface area contributed by atoms with Crippen LogP contribution in [-0.4, -0.2) is 38.7 Å². The number of nitrogens with one attached hydrogen (secondary N) is 1. The number of hydrogen-bond donors (Lipinski definition) is 1. The van der Waals surface area contributed by atoms with Crippen molar-refractivity contribution in [3.8, 4) is 0 Å². The van der Waals surface area contributed by atoms with E-state index in [9.17, 15) is 21.6 Å². The Kier molecular flexibility index (Phi) is 5.21. The SMILES string of the molecule is CN(C)c1cc(C(F)(F)F)nc(NCc2ccc(S(C)(=O)=O)cc2)n1. The molecule has 25 heavy (non-hydrogen) atoms. The zero-order chi connectivity index (χ0) is 18.8. The molecule has 1 aromatic heterocycles. The third kappa shape index (κ3) is 5.05. The lowest BCUT2D eigenvalue weighted by Crippen LogP contribution is -2.17. The summed E-state index contributed by atoms with van der Waals surface area (Å²) >= 11 is 0. The van der Waals surface area contributed by atoms with Gasteiger partial charge in [-0.25, -0.2) is 13.4 Å². The second kappa shape index (κ2) is 6.87. The zero-order valence-electron chi connectivity index (χ0n) is 13.8. The maximum atomic E-state index is 12.9. The van der Waals surface area contributed by atoms with E-state index in [0.717, 1.165) is 12.3 Å². The monoisotopic (exact) mass is 374 g/mol. The van der Waals surface area contributed by atoms with Gasteiger partial charge in [0.05, 0.1) is 4.90 Å². The topological polar surface area (TPSA) is 75.2 Å². The van der Waals surface area contributed by atoms with Crippen LogP contribution in [0, 0.1) is 0 Å². The van der Waals surface area contributed by atoms with Crippen LogP contribution in [0.4, 0.5) is 24.9 Å². The van der Waals surface area contributed by atoms with Crippen molar-refractivity contribution in [2.75, 3.05) is 30.6 Å². The molecule has 10 heteroatoms. The van der Waals surface area contributed by atoms with Crippen LogP contribution < -0.4 is 10.2 Å². The van der Waals surface area contributed by atoms with Crippen LogP contribution in [0.3, 0.4) is 0 Å². The van der Waals surface area contributed by atoms with Crippen LogP contribution in [0.5, 0.6) is 0 Å². The normalized spacial score (nSPS) is 12.1. The molecule has 0 saturated carbocycles. The van der Waals surface area contributed by atoms with Crippen molar-refractivity contribution in [2.45, 2.75) is 17.6 Å². The molecule has 2 rings (SSSR count). The predicted molar refractivity (Wildman–Crippen MR) is 88.2 cm³/mol. The van der Waals surface area contributed by atoms with Gasteiger partial charge in [-0.1, -0.05) is 12.1 Å². The Bertz CT molecular complexity index is 850. The van der Waals surface area contributed by atoms with Gasteiger partial charge < -0.3 is 10.2 Å². The van der Waals surface area contributed by atoms with Crippen LogP contribution in [-0.2, 0) is 22.6 Å². The molecule has 0 spiro atoms. The van der Waals surface area contributed by atoms with Crippen LogP contribution >= 0.6 is 0 Å². The average Bonchev–Trinajstić information content (AvgIpc) is 2.51. The molecule has 1 aromatic carbocycles. The molecule has 0 fully saturated rings. The summed E-state index contributed by atoms with van der Waals surface area (Å²) in [7, 11) is -0.140. The molecule has 0 radical (unpaired) electrons. The molecule has 0 aliphatic carbocycles. The summed E-state index contributed by atoms with van der Waals surface area (Å²) in [5.74, 6) is -0.0389. The molecule has 0 saturated heterocycles. The highest BCUT2D eigenvalue weighted by Gasteiger charge is 2.34. The van der Waals surface area contributed by atoms with E-state index in [4.69, 9.17) is 0 Å². The van der Waals surface area contributed by atoms with Crippen molar-refractivity contribution in [3.63, 3.8) is 0 Å². The quantitative estimate of drug-likeness (QED) is 0.867. The van der Waals surface area contributed by atoms with E-state index in [0.29, 0.717) is 5.56 Å². The van der Waals surface area contributed by atoms with Gasteiger partial charge in [0.2, 0.25) is 5.95 Å². The number of sulfone groups is 1. The van der Waals surface area contributed by atoms with Gasteiger partial charge in [-0.2, -0.15) is 18.2 Å². The molecule has 0 amide bonds. The third-order valence-corrected chi connectivity index (χ3v) is 4.39. The first-order valence-corrected chi connectivity index (χ1v) is 9.02. The molecule has 0 aliphatic rings. The highest BCUT2D eigenvalue weighted by atomic mass is 32.2. The van der Waals surface area contributed by atoms with Crippen molar-refractivity contribution in [1.29, 1.82) is 0 Å². The largest absolute Gasteiger partial charge is 0.433 e. The van der Waals surface area contributed by atoms with Crippen LogP contribution in [0.15, 0.2) is 35.2 Å². The number of anilines is 2. The average molecular weight is 374 g/mol. The van der Waals surface area contributed by atoms with E-state index in [1.54, 1.807) is 26.2 Å². The Morgan fingerprint density at radius 3 is 2.20 bits per heavy atom. The van der Waals surface area contributed by atoms with Gasteiger partial charge in [-0.3, -0.25) is 0 Å². The van der Waals surface area contributed by atoms with E-state index < -0.39 is 21.7 Å². The molecule has 136 valence electrons. The van der Waals surface area contributed by atoms with E-state index in [2.05, 4.69) is 15.3 Å². The summed E-state index contributed by atoms with van der Waals surface area (Å²) in [6.45, 7) is 0.151. The van der Waals surface area contributed by atoms with Crippen molar-refractivity contribution in [3.05, 3.63) is 41.6 Å². The number of halogens is 3. The smallest absolute Gasteiger partial charge is 0.363 e. The summed E-state index contributed by atoms with van der Waals surface area (Å²) in [4.78, 5) is 9.13. The maximum absolute atomic E-state index is 12.9. The minimum Gasteiger partial charge on any atom is -0.363 e. The first kappa shape index (κ1) is 19.0. The minimum absolute atomic E-state index is 0.122. The number of alkyl halides is 3. The van der Waals surface area contributed by atoms with Crippen LogP contribution in [0.1, 0.15) is 11.3 Å². The zero-order valence-corrected chi connectivity index (χ0v) is 14.6. The molecular weight excluding hydrogens is 357 g/mol. The van der Waals surface area contributed by atoms with Crippen molar-refractivity contribution >= 4 is 21.6 Å². The van der Waals surface area contributed by atoms with Crippen LogP contribution in [0.2, 0.25) is 0 Å². The lowest BCUT2D eigenvalue weighted by atomic mass is 10.2. The summed E-state index contributed by atoms with van der Waals surface area (Å²) < 4.78 is 61.6. The lowest BCUT2D eigenvalue weighted by molar-refractivity contribution is -0.141. The van der Waals surface area contributed by atoms with Crippen molar-refractivity contribution in [2.24, 2.45) is 0 Å². The van der Waals surface area contributed by atoms with Gasteiger partial charge in [-0.15, -0.1) is 0 Å². The second-order valence-electron chi connectivity index (χ2n) is 5.60. The van der Waals surface area contributed by atoms with E-state index >= 15 is 0 Å². The first-order chi connectivity index (χ1) is 11.5. The number of hydrogen-bond acceptors (Lipinski definition) is 6. The van der Waals surface area contributed by atoms with Crippen molar-refractivity contribution < 1.29 is 21.6 Å². The highest BCUT2D eigenvalue weighted by molar-refractivity contribution is 7.90. The summed E-state index contributed by atoms with van der Waals surface area (Å²) in [5, 5.41) is 2.73. The fourth-order valence-electron chi connectivity index (χ4n) is 1.92. The van der Waals surface area contributed by atoms with Gasteiger partial charge in [0, 0.05) is 33.0 Å². The molecule has 0 bridgehead atoms. The molecule has 0 aliphatic heterocycles. The van der Waals surface area contributed by atoms with Crippen LogP contribution in [0.25, 0.3) is 0 Å². The minimum atomic E-state index is -4.58. The fourth-order valence-corrected chi connectivity index (χ4v) is 2.55. The Balaban J connectivity index is 2.21. The Morgan fingerprint density at radius 1 is 1.12 bits per heavy atom. The standard InChI is InChI=1S/C15H17F3N4O2S/c1-22(2)13-8-12(15(16,17)18)20-14(21-13)19-9-10-4-6-11(7-5-10)25(3,23)24/h4-8H,9H2,1-3H3,(H,19,20,21). The fraction of sp³-hybridized carbons (Fsp3) is 0.333. The van der Waals surface area contributed by atoms with Gasteiger partial charge in [0.25, 0.3) is 0 Å². The Morgan fingerprint density at radius 2 is 1.72 bits per heavy atom. The maximum Gasteiger partial charge on any atom is 0.433 e. The molecule has 6 nitrogen and oxygen atoms in total. The molecular formula is C15H17F3N4O2S. The summed E-state index contributed by atoms with van der Waals surface area (Å²) in [6.07, 6.45) is -3.49. The molecule has 1 heterocycles. The predicted octanol–water partition coefficient (Wildman–Crippen LogP) is 2.58. The molecule has 0 atom stereocenters. The second-order valence-corrected chi connectivity index (χ2v) is 7.61. The third-order valence-electron chi connectivity index (χ3n) is 3.26. The number of benzene rings is 1. The molecule has 0 unspecified atom stereocenters.